The van der Waals surface area contributed by atoms with Gasteiger partial charge in [-0.15, -0.1) is 10.2 Å². The summed E-state index contributed by atoms with van der Waals surface area (Å²) in [5, 5.41) is 10.3. The second kappa shape index (κ2) is 7.72. The van der Waals surface area contributed by atoms with Crippen LogP contribution in [0.15, 0.2) is 52.9 Å². The Morgan fingerprint density at radius 2 is 1.96 bits per heavy atom. The van der Waals surface area contributed by atoms with E-state index < -0.39 is 15.9 Å². The van der Waals surface area contributed by atoms with Gasteiger partial charge in [0.2, 0.25) is 5.13 Å². The maximum Gasteiger partial charge on any atom is 0.262 e. The lowest BCUT2D eigenvalue weighted by molar-refractivity contribution is 0.102. The third-order valence-electron chi connectivity index (χ3n) is 3.67. The third kappa shape index (κ3) is 4.23. The number of aromatic nitrogens is 2. The molecule has 0 saturated carbocycles. The van der Waals surface area contributed by atoms with Crippen molar-refractivity contribution in [2.24, 2.45) is 0 Å². The zero-order valence-electron chi connectivity index (χ0n) is 14.5. The SMILES string of the molecule is COc1ccccc1NS(=O)(=O)c1cc(C(=O)Nc2nncs2)ccc1C. The fourth-order valence-corrected chi connectivity index (χ4v) is 4.14. The minimum atomic E-state index is -3.93. The van der Waals surface area contributed by atoms with Gasteiger partial charge in [-0.3, -0.25) is 14.8 Å². The maximum absolute atomic E-state index is 12.9. The predicted molar refractivity (Wildman–Crippen MR) is 103 cm³/mol. The van der Waals surface area contributed by atoms with Crippen molar-refractivity contribution >= 4 is 38.1 Å². The van der Waals surface area contributed by atoms with Crippen molar-refractivity contribution in [1.29, 1.82) is 0 Å². The summed E-state index contributed by atoms with van der Waals surface area (Å²) in [5.41, 5.74) is 2.49. The summed E-state index contributed by atoms with van der Waals surface area (Å²) >= 11 is 1.17. The highest BCUT2D eigenvalue weighted by Crippen LogP contribution is 2.27. The van der Waals surface area contributed by atoms with Crippen molar-refractivity contribution in [2.45, 2.75) is 11.8 Å². The lowest BCUT2D eigenvalue weighted by Crippen LogP contribution is -2.17. The molecule has 0 bridgehead atoms. The predicted octanol–water partition coefficient (Wildman–Crippen LogP) is 2.91. The molecular formula is C17H16N4O4S2. The van der Waals surface area contributed by atoms with Gasteiger partial charge in [-0.2, -0.15) is 0 Å². The Morgan fingerprint density at radius 1 is 1.19 bits per heavy atom. The van der Waals surface area contributed by atoms with Crippen LogP contribution < -0.4 is 14.8 Å². The normalized spacial score (nSPS) is 11.0. The van der Waals surface area contributed by atoms with Crippen molar-refractivity contribution in [3.8, 4) is 5.75 Å². The Labute approximate surface area is 160 Å². The number of sulfonamides is 1. The highest BCUT2D eigenvalue weighted by Gasteiger charge is 2.21. The minimum Gasteiger partial charge on any atom is -0.495 e. The van der Waals surface area contributed by atoms with Gasteiger partial charge in [-0.1, -0.05) is 29.5 Å². The van der Waals surface area contributed by atoms with E-state index in [4.69, 9.17) is 4.74 Å². The van der Waals surface area contributed by atoms with Crippen LogP contribution in [0.25, 0.3) is 0 Å². The zero-order valence-corrected chi connectivity index (χ0v) is 16.1. The smallest absolute Gasteiger partial charge is 0.262 e. The number of hydrogen-bond acceptors (Lipinski definition) is 7. The van der Waals surface area contributed by atoms with Crippen LogP contribution in [0.2, 0.25) is 0 Å². The number of anilines is 2. The molecule has 0 unspecified atom stereocenters. The molecule has 1 amide bonds. The number of rotatable bonds is 6. The number of nitrogens with zero attached hydrogens (tertiary/aromatic N) is 2. The first-order valence-electron chi connectivity index (χ1n) is 7.75. The van der Waals surface area contributed by atoms with Crippen molar-refractivity contribution in [3.05, 3.63) is 59.1 Å². The Bertz CT molecular complexity index is 1070. The fraction of sp³-hybridized carbons (Fsp3) is 0.118. The largest absolute Gasteiger partial charge is 0.495 e. The molecule has 2 aromatic carbocycles. The van der Waals surface area contributed by atoms with Crippen molar-refractivity contribution in [1.82, 2.24) is 10.2 Å². The van der Waals surface area contributed by atoms with E-state index >= 15 is 0 Å². The molecule has 1 aromatic heterocycles. The standard InChI is InChI=1S/C17H16N4O4S2/c1-11-7-8-12(16(22)19-17-20-18-10-26-17)9-15(11)27(23,24)21-13-5-3-4-6-14(13)25-2/h3-10,21H,1-2H3,(H,19,20,22). The third-order valence-corrected chi connectivity index (χ3v) is 5.79. The van der Waals surface area contributed by atoms with E-state index in [1.807, 2.05) is 0 Å². The van der Waals surface area contributed by atoms with Crippen molar-refractivity contribution in [3.63, 3.8) is 0 Å². The van der Waals surface area contributed by atoms with Gasteiger partial charge in [-0.25, -0.2) is 8.42 Å². The number of hydrogen-bond donors (Lipinski definition) is 2. The van der Waals surface area contributed by atoms with E-state index in [1.54, 1.807) is 43.3 Å². The minimum absolute atomic E-state index is 0.00156. The number of para-hydroxylation sites is 2. The molecule has 27 heavy (non-hydrogen) atoms. The molecule has 8 nitrogen and oxygen atoms in total. The second-order valence-corrected chi connectivity index (χ2v) is 7.97. The van der Waals surface area contributed by atoms with E-state index in [1.165, 1.54) is 30.0 Å². The Balaban J connectivity index is 1.92. The van der Waals surface area contributed by atoms with Crippen LogP contribution in [0, 0.1) is 6.92 Å². The van der Waals surface area contributed by atoms with Gasteiger partial charge in [-0.05, 0) is 36.8 Å². The summed E-state index contributed by atoms with van der Waals surface area (Å²) in [6.07, 6.45) is 0. The van der Waals surface area contributed by atoms with E-state index in [2.05, 4.69) is 20.2 Å². The number of ether oxygens (including phenoxy) is 1. The van der Waals surface area contributed by atoms with Gasteiger partial charge in [0, 0.05) is 5.56 Å². The summed E-state index contributed by atoms with van der Waals surface area (Å²) in [7, 11) is -2.47. The molecule has 2 N–H and O–H groups in total. The molecule has 0 atom stereocenters. The number of carbonyl (C=O) groups excluding carboxylic acids is 1. The average Bonchev–Trinajstić information content (AvgIpc) is 3.15. The van der Waals surface area contributed by atoms with E-state index in [0.717, 1.165) is 0 Å². The summed E-state index contributed by atoms with van der Waals surface area (Å²) in [5.74, 6) is -0.0793. The fourth-order valence-electron chi connectivity index (χ4n) is 2.36. The zero-order chi connectivity index (χ0) is 19.4. The highest BCUT2D eigenvalue weighted by atomic mass is 32.2. The molecule has 0 saturated heterocycles. The number of methoxy groups -OCH3 is 1. The van der Waals surface area contributed by atoms with Crippen LogP contribution in [0.4, 0.5) is 10.8 Å². The van der Waals surface area contributed by atoms with Gasteiger partial charge in [0.1, 0.15) is 11.3 Å². The topological polar surface area (TPSA) is 110 Å². The summed E-state index contributed by atoms with van der Waals surface area (Å²) in [6.45, 7) is 1.66. The van der Waals surface area contributed by atoms with Crippen molar-refractivity contribution in [2.75, 3.05) is 17.1 Å². The van der Waals surface area contributed by atoms with Gasteiger partial charge in [0.05, 0.1) is 17.7 Å². The number of nitrogens with one attached hydrogen (secondary N) is 2. The molecule has 0 aliphatic carbocycles. The molecule has 3 rings (SSSR count). The molecule has 1 heterocycles. The lowest BCUT2D eigenvalue weighted by atomic mass is 10.1. The molecule has 0 aliphatic heterocycles. The first-order chi connectivity index (χ1) is 12.9. The molecule has 0 radical (unpaired) electrons. The van der Waals surface area contributed by atoms with Crippen LogP contribution in [-0.4, -0.2) is 31.6 Å². The Hall–Kier alpha value is -2.98. The molecular weight excluding hydrogens is 388 g/mol. The molecule has 0 spiro atoms. The quantitative estimate of drug-likeness (QED) is 0.654. The van der Waals surface area contributed by atoms with Gasteiger partial charge >= 0.3 is 0 Å². The first kappa shape index (κ1) is 18.8. The monoisotopic (exact) mass is 404 g/mol. The molecule has 0 aliphatic rings. The van der Waals surface area contributed by atoms with Crippen LogP contribution in [0.1, 0.15) is 15.9 Å². The van der Waals surface area contributed by atoms with Crippen molar-refractivity contribution < 1.29 is 17.9 Å². The number of benzene rings is 2. The molecule has 10 heteroatoms. The molecule has 140 valence electrons. The molecule has 3 aromatic rings. The first-order valence-corrected chi connectivity index (χ1v) is 10.1. The number of amides is 1. The van der Waals surface area contributed by atoms with E-state index in [9.17, 15) is 13.2 Å². The van der Waals surface area contributed by atoms with Gasteiger partial charge in [0.25, 0.3) is 15.9 Å². The van der Waals surface area contributed by atoms with E-state index in [-0.39, 0.29) is 10.5 Å². The van der Waals surface area contributed by atoms with Crippen LogP contribution in [0.3, 0.4) is 0 Å². The van der Waals surface area contributed by atoms with Gasteiger partial charge < -0.3 is 4.74 Å². The second-order valence-electron chi connectivity index (χ2n) is 5.48. The average molecular weight is 404 g/mol. The van der Waals surface area contributed by atoms with Gasteiger partial charge in [0.15, 0.2) is 0 Å². The highest BCUT2D eigenvalue weighted by molar-refractivity contribution is 7.92. The Kier molecular flexibility index (Phi) is 5.38. The maximum atomic E-state index is 12.9. The Morgan fingerprint density at radius 3 is 2.67 bits per heavy atom. The van der Waals surface area contributed by atoms with Crippen LogP contribution in [0.5, 0.6) is 5.75 Å². The van der Waals surface area contributed by atoms with E-state index in [0.29, 0.717) is 22.1 Å². The number of aryl methyl sites for hydroxylation is 1. The van der Waals surface area contributed by atoms with Crippen LogP contribution >= 0.6 is 11.3 Å². The summed E-state index contributed by atoms with van der Waals surface area (Å²) in [6, 6.07) is 11.1. The lowest BCUT2D eigenvalue weighted by Gasteiger charge is -2.14. The summed E-state index contributed by atoms with van der Waals surface area (Å²) < 4.78 is 33.4. The number of carbonyl (C=O) groups is 1. The summed E-state index contributed by atoms with van der Waals surface area (Å²) in [4.78, 5) is 12.4. The van der Waals surface area contributed by atoms with Crippen LogP contribution in [-0.2, 0) is 10.0 Å². The molecule has 0 fully saturated rings.